The maximum atomic E-state index is 12.5. The molecule has 0 aromatic rings. The molecule has 2 atom stereocenters. The third-order valence-electron chi connectivity index (χ3n) is 17.7. The molecule has 0 heterocycles. The first kappa shape index (κ1) is 77.9. The molecule has 0 radical (unpaired) electrons. The highest BCUT2D eigenvalue weighted by Crippen LogP contribution is 2.20. The highest BCUT2D eigenvalue weighted by Gasteiger charge is 2.20. The van der Waals surface area contributed by atoms with Gasteiger partial charge in [0.05, 0.1) is 25.4 Å². The van der Waals surface area contributed by atoms with E-state index in [1.54, 1.807) is 0 Å². The summed E-state index contributed by atoms with van der Waals surface area (Å²) in [7, 11) is 0. The van der Waals surface area contributed by atoms with Gasteiger partial charge in [-0.3, -0.25) is 9.59 Å². The van der Waals surface area contributed by atoms with Crippen LogP contribution in [0.15, 0.2) is 0 Å². The third kappa shape index (κ3) is 65.9. The van der Waals surface area contributed by atoms with Crippen molar-refractivity contribution in [1.29, 1.82) is 0 Å². The number of rotatable bonds is 70. The normalized spacial score (nSPS) is 12.4. The van der Waals surface area contributed by atoms with E-state index in [4.69, 9.17) is 4.74 Å². The van der Waals surface area contributed by atoms with Crippen LogP contribution in [0.1, 0.15) is 431 Å². The Kier molecular flexibility index (Phi) is 68.4. The molecule has 0 rings (SSSR count). The van der Waals surface area contributed by atoms with Crippen molar-refractivity contribution in [1.82, 2.24) is 5.32 Å². The summed E-state index contributed by atoms with van der Waals surface area (Å²) in [5.41, 5.74) is 0. The number of amides is 1. The summed E-state index contributed by atoms with van der Waals surface area (Å²) in [4.78, 5) is 24.5. The smallest absolute Gasteiger partial charge is 0.305 e. The van der Waals surface area contributed by atoms with E-state index in [0.717, 1.165) is 38.5 Å². The molecule has 0 aliphatic carbocycles. The molecule has 1 amide bonds. The van der Waals surface area contributed by atoms with Crippen LogP contribution < -0.4 is 5.32 Å². The number of aliphatic hydroxyl groups is 2. The van der Waals surface area contributed by atoms with Gasteiger partial charge in [-0.2, -0.15) is 0 Å². The number of hydrogen-bond acceptors (Lipinski definition) is 5. The van der Waals surface area contributed by atoms with Crippen molar-refractivity contribution in [2.45, 2.75) is 443 Å². The standard InChI is InChI=1S/C73H145NO5/c1-3-5-7-9-11-13-15-47-51-55-59-63-67-73(78)79-68-64-60-56-52-48-44-42-40-38-36-34-32-30-28-26-24-22-20-18-16-17-19-21-23-25-27-29-31-33-35-37-39-41-43-46-50-54-58-62-66-72(77)74-70(69-75)71(76)65-61-57-53-49-45-14-12-10-8-6-4-2/h70-71,75-76H,3-69H2,1-2H3,(H,74,77). The van der Waals surface area contributed by atoms with Crippen molar-refractivity contribution in [3.63, 3.8) is 0 Å². The van der Waals surface area contributed by atoms with Gasteiger partial charge < -0.3 is 20.3 Å². The largest absolute Gasteiger partial charge is 0.466 e. The topological polar surface area (TPSA) is 95.9 Å². The van der Waals surface area contributed by atoms with Gasteiger partial charge in [-0.1, -0.05) is 393 Å². The average Bonchev–Trinajstić information content (AvgIpc) is 3.45. The number of carbonyl (C=O) groups is 2. The first-order valence-corrected chi connectivity index (χ1v) is 36.8. The molecule has 0 saturated heterocycles. The van der Waals surface area contributed by atoms with Gasteiger partial charge in [0.1, 0.15) is 0 Å². The SMILES string of the molecule is CCCCCCCCCCCCCCC(=O)OCCCCCCCCCCCCCCCCCCCCCCCCCCCCCCCCCCCCCCCCCC(=O)NC(CO)C(O)CCCCCCCCCCCCC. The van der Waals surface area contributed by atoms with Crippen LogP contribution in [0, 0.1) is 0 Å². The van der Waals surface area contributed by atoms with Gasteiger partial charge >= 0.3 is 5.97 Å². The summed E-state index contributed by atoms with van der Waals surface area (Å²) < 4.78 is 5.49. The number of carbonyl (C=O) groups excluding carboxylic acids is 2. The predicted octanol–water partition coefficient (Wildman–Crippen LogP) is 23.8. The lowest BCUT2D eigenvalue weighted by Crippen LogP contribution is -2.45. The zero-order chi connectivity index (χ0) is 57.1. The lowest BCUT2D eigenvalue weighted by Gasteiger charge is -2.22. The Morgan fingerprint density at radius 3 is 0.772 bits per heavy atom. The molecule has 0 bridgehead atoms. The number of unbranched alkanes of at least 4 members (excludes halogenated alkanes) is 59. The second-order valence-electron chi connectivity index (χ2n) is 25.6. The highest BCUT2D eigenvalue weighted by atomic mass is 16.5. The first-order valence-electron chi connectivity index (χ1n) is 36.8. The summed E-state index contributed by atoms with van der Waals surface area (Å²) in [6.07, 6.45) is 84.8. The molecule has 79 heavy (non-hydrogen) atoms. The zero-order valence-electron chi connectivity index (χ0n) is 54.2. The van der Waals surface area contributed by atoms with Gasteiger partial charge in [-0.15, -0.1) is 0 Å². The van der Waals surface area contributed by atoms with Crippen molar-refractivity contribution < 1.29 is 24.5 Å². The number of ether oxygens (including phenoxy) is 1. The van der Waals surface area contributed by atoms with Crippen LogP contribution in [0.5, 0.6) is 0 Å². The summed E-state index contributed by atoms with van der Waals surface area (Å²) in [5, 5.41) is 23.2. The van der Waals surface area contributed by atoms with E-state index in [9.17, 15) is 19.8 Å². The molecule has 0 saturated carbocycles. The molecular weight excluding hydrogens is 971 g/mol. The Hall–Kier alpha value is -1.14. The molecule has 0 aromatic heterocycles. The summed E-state index contributed by atoms with van der Waals surface area (Å²) >= 11 is 0. The second kappa shape index (κ2) is 69.4. The lowest BCUT2D eigenvalue weighted by molar-refractivity contribution is -0.143. The minimum atomic E-state index is -0.657. The Labute approximate surface area is 496 Å². The Morgan fingerprint density at radius 1 is 0.304 bits per heavy atom. The number of esters is 1. The Balaban J connectivity index is 3.25. The summed E-state index contributed by atoms with van der Waals surface area (Å²) in [6.45, 7) is 4.98. The van der Waals surface area contributed by atoms with E-state index >= 15 is 0 Å². The number of aliphatic hydroxyl groups excluding tert-OH is 2. The van der Waals surface area contributed by atoms with Crippen LogP contribution >= 0.6 is 0 Å². The van der Waals surface area contributed by atoms with Crippen molar-refractivity contribution in [2.24, 2.45) is 0 Å². The van der Waals surface area contributed by atoms with Crippen LogP contribution in [-0.2, 0) is 14.3 Å². The fourth-order valence-electron chi connectivity index (χ4n) is 12.1. The van der Waals surface area contributed by atoms with E-state index in [1.807, 2.05) is 0 Å². The third-order valence-corrected chi connectivity index (χ3v) is 17.7. The summed E-state index contributed by atoms with van der Waals surface area (Å²) in [6, 6.07) is -0.534. The molecule has 0 spiro atoms. The van der Waals surface area contributed by atoms with Gasteiger partial charge in [0.25, 0.3) is 0 Å². The lowest BCUT2D eigenvalue weighted by atomic mass is 10.0. The quantitative estimate of drug-likeness (QED) is 0.0417. The fraction of sp³-hybridized carbons (Fsp3) is 0.973. The molecule has 6 nitrogen and oxygen atoms in total. The molecule has 6 heteroatoms. The Morgan fingerprint density at radius 2 is 0.519 bits per heavy atom. The van der Waals surface area contributed by atoms with E-state index in [0.29, 0.717) is 25.9 Å². The summed E-state index contributed by atoms with van der Waals surface area (Å²) in [5.74, 6) is -0.00135. The molecule has 2 unspecified atom stereocenters. The van der Waals surface area contributed by atoms with Crippen LogP contribution in [0.25, 0.3) is 0 Å². The van der Waals surface area contributed by atoms with Crippen molar-refractivity contribution >= 4 is 11.9 Å². The van der Waals surface area contributed by atoms with Crippen molar-refractivity contribution in [2.75, 3.05) is 13.2 Å². The second-order valence-corrected chi connectivity index (χ2v) is 25.6. The molecule has 0 fully saturated rings. The van der Waals surface area contributed by atoms with Crippen LogP contribution in [0.4, 0.5) is 0 Å². The molecular formula is C73H145NO5. The number of nitrogens with one attached hydrogen (secondary N) is 1. The van der Waals surface area contributed by atoms with Crippen LogP contribution in [0.2, 0.25) is 0 Å². The zero-order valence-corrected chi connectivity index (χ0v) is 54.2. The molecule has 0 aliphatic heterocycles. The molecule has 472 valence electrons. The van der Waals surface area contributed by atoms with Gasteiger partial charge in [0.2, 0.25) is 5.91 Å². The van der Waals surface area contributed by atoms with Crippen LogP contribution in [-0.4, -0.2) is 47.4 Å². The van der Waals surface area contributed by atoms with Crippen LogP contribution in [0.3, 0.4) is 0 Å². The van der Waals surface area contributed by atoms with E-state index < -0.39 is 12.1 Å². The van der Waals surface area contributed by atoms with Gasteiger partial charge in [0.15, 0.2) is 0 Å². The molecule has 0 aromatic carbocycles. The average molecular weight is 1120 g/mol. The van der Waals surface area contributed by atoms with E-state index in [-0.39, 0.29) is 18.5 Å². The minimum Gasteiger partial charge on any atom is -0.466 e. The predicted molar refractivity (Wildman–Crippen MR) is 347 cm³/mol. The van der Waals surface area contributed by atoms with Crippen molar-refractivity contribution in [3.8, 4) is 0 Å². The highest BCUT2D eigenvalue weighted by molar-refractivity contribution is 5.76. The minimum absolute atomic E-state index is 0.0257. The monoisotopic (exact) mass is 1120 g/mol. The maximum absolute atomic E-state index is 12.5. The first-order chi connectivity index (χ1) is 39.0. The Bertz CT molecular complexity index is 1150. The van der Waals surface area contributed by atoms with Gasteiger partial charge in [-0.05, 0) is 25.7 Å². The van der Waals surface area contributed by atoms with Gasteiger partial charge in [0, 0.05) is 12.8 Å². The molecule has 3 N–H and O–H groups in total. The molecule has 0 aliphatic rings. The van der Waals surface area contributed by atoms with E-state index in [2.05, 4.69) is 19.2 Å². The maximum Gasteiger partial charge on any atom is 0.305 e. The van der Waals surface area contributed by atoms with Crippen molar-refractivity contribution in [3.05, 3.63) is 0 Å². The number of hydrogen-bond donors (Lipinski definition) is 3. The van der Waals surface area contributed by atoms with E-state index in [1.165, 1.54) is 360 Å². The fourth-order valence-corrected chi connectivity index (χ4v) is 12.1. The van der Waals surface area contributed by atoms with Gasteiger partial charge in [-0.25, -0.2) is 0 Å².